The van der Waals surface area contributed by atoms with E-state index in [1.807, 2.05) is 53.3 Å². The Labute approximate surface area is 199 Å². The molecule has 1 N–H and O–H groups in total. The SMILES string of the molecule is O=C(NCc1ccccn1)c1nn(CCc2ccccc2)c2c1CN(Cc1ccccn1)CC2. The van der Waals surface area contributed by atoms with E-state index in [0.717, 1.165) is 55.1 Å². The number of nitrogens with one attached hydrogen (secondary N) is 1. The van der Waals surface area contributed by atoms with Gasteiger partial charge in [-0.25, -0.2) is 0 Å². The number of aromatic nitrogens is 4. The molecule has 0 atom stereocenters. The van der Waals surface area contributed by atoms with E-state index in [-0.39, 0.29) is 5.91 Å². The van der Waals surface area contributed by atoms with Gasteiger partial charge in [-0.05, 0) is 36.2 Å². The van der Waals surface area contributed by atoms with E-state index < -0.39 is 0 Å². The molecule has 1 amide bonds. The van der Waals surface area contributed by atoms with Crippen LogP contribution in [0.1, 0.15) is 38.7 Å². The molecule has 172 valence electrons. The van der Waals surface area contributed by atoms with Crippen LogP contribution >= 0.6 is 0 Å². The highest BCUT2D eigenvalue weighted by atomic mass is 16.2. The fourth-order valence-electron chi connectivity index (χ4n) is 4.41. The van der Waals surface area contributed by atoms with E-state index in [0.29, 0.717) is 18.8 Å². The molecule has 0 saturated heterocycles. The van der Waals surface area contributed by atoms with Crippen LogP contribution in [0.5, 0.6) is 0 Å². The van der Waals surface area contributed by atoms with E-state index in [9.17, 15) is 4.79 Å². The molecule has 0 saturated carbocycles. The third kappa shape index (κ3) is 5.21. The largest absolute Gasteiger partial charge is 0.345 e. The molecule has 7 heteroatoms. The Hall–Kier alpha value is -3.84. The van der Waals surface area contributed by atoms with E-state index in [1.165, 1.54) is 5.56 Å². The van der Waals surface area contributed by atoms with Crippen LogP contribution in [0, 0.1) is 0 Å². The minimum absolute atomic E-state index is 0.153. The smallest absolute Gasteiger partial charge is 0.272 e. The van der Waals surface area contributed by atoms with Crippen molar-refractivity contribution in [3.05, 3.63) is 113 Å². The van der Waals surface area contributed by atoms with Crippen molar-refractivity contribution in [2.24, 2.45) is 0 Å². The lowest BCUT2D eigenvalue weighted by atomic mass is 10.0. The summed E-state index contributed by atoms with van der Waals surface area (Å²) in [6.07, 6.45) is 5.29. The number of aryl methyl sites for hydroxylation is 2. The van der Waals surface area contributed by atoms with Crippen molar-refractivity contribution in [3.8, 4) is 0 Å². The summed E-state index contributed by atoms with van der Waals surface area (Å²) in [5.41, 5.74) is 5.82. The maximum absolute atomic E-state index is 13.2. The topological polar surface area (TPSA) is 75.9 Å². The van der Waals surface area contributed by atoms with Crippen LogP contribution in [0.25, 0.3) is 0 Å². The second kappa shape index (κ2) is 10.4. The first kappa shape index (κ1) is 22.0. The highest BCUT2D eigenvalue weighted by Crippen LogP contribution is 2.24. The lowest BCUT2D eigenvalue weighted by Gasteiger charge is -2.27. The summed E-state index contributed by atoms with van der Waals surface area (Å²) >= 11 is 0. The summed E-state index contributed by atoms with van der Waals surface area (Å²) in [6, 6.07) is 22.1. The number of hydrogen-bond acceptors (Lipinski definition) is 5. The van der Waals surface area contributed by atoms with E-state index in [1.54, 1.807) is 6.20 Å². The standard InChI is InChI=1S/C27H28N6O/c34-27(30-18-22-10-4-6-14-28-22)26-24-20-32(19-23-11-5-7-15-29-23)16-13-25(24)33(31-26)17-12-21-8-2-1-3-9-21/h1-11,14-15H,12-13,16-20H2,(H,30,34). The number of rotatable bonds is 8. The molecule has 1 aliphatic rings. The molecule has 0 bridgehead atoms. The van der Waals surface area contributed by atoms with Crippen LogP contribution in [0.2, 0.25) is 0 Å². The Bertz CT molecular complexity index is 1220. The fraction of sp³-hybridized carbons (Fsp3) is 0.259. The molecule has 3 aromatic heterocycles. The summed E-state index contributed by atoms with van der Waals surface area (Å²) in [6.45, 7) is 3.48. The fourth-order valence-corrected chi connectivity index (χ4v) is 4.41. The van der Waals surface area contributed by atoms with Crippen molar-refractivity contribution < 1.29 is 4.79 Å². The van der Waals surface area contributed by atoms with E-state index in [4.69, 9.17) is 5.10 Å². The summed E-state index contributed by atoms with van der Waals surface area (Å²) < 4.78 is 2.04. The van der Waals surface area contributed by atoms with Gasteiger partial charge in [-0.3, -0.25) is 24.3 Å². The van der Waals surface area contributed by atoms with Gasteiger partial charge < -0.3 is 5.32 Å². The molecule has 7 nitrogen and oxygen atoms in total. The zero-order chi connectivity index (χ0) is 23.2. The lowest BCUT2D eigenvalue weighted by molar-refractivity contribution is 0.0942. The summed E-state index contributed by atoms with van der Waals surface area (Å²) in [7, 11) is 0. The first-order valence-corrected chi connectivity index (χ1v) is 11.7. The summed E-state index contributed by atoms with van der Waals surface area (Å²) in [5, 5.41) is 7.81. The van der Waals surface area contributed by atoms with Crippen molar-refractivity contribution in [2.75, 3.05) is 6.54 Å². The third-order valence-corrected chi connectivity index (χ3v) is 6.15. The van der Waals surface area contributed by atoms with Crippen LogP contribution in [-0.2, 0) is 39.0 Å². The first-order valence-electron chi connectivity index (χ1n) is 11.7. The minimum atomic E-state index is -0.153. The highest BCUT2D eigenvalue weighted by Gasteiger charge is 2.28. The van der Waals surface area contributed by atoms with Gasteiger partial charge in [0.25, 0.3) is 5.91 Å². The van der Waals surface area contributed by atoms with Gasteiger partial charge in [0.05, 0.1) is 17.9 Å². The third-order valence-electron chi connectivity index (χ3n) is 6.15. The molecule has 4 heterocycles. The van der Waals surface area contributed by atoms with Gasteiger partial charge in [0.2, 0.25) is 0 Å². The van der Waals surface area contributed by atoms with Gasteiger partial charge in [-0.2, -0.15) is 5.10 Å². The number of nitrogens with zero attached hydrogens (tertiary/aromatic N) is 5. The Kier molecular flexibility index (Phi) is 6.72. The van der Waals surface area contributed by atoms with E-state index >= 15 is 0 Å². The summed E-state index contributed by atoms with van der Waals surface area (Å²) in [5.74, 6) is -0.153. The molecule has 0 radical (unpaired) electrons. The molecule has 5 rings (SSSR count). The minimum Gasteiger partial charge on any atom is -0.345 e. The first-order chi connectivity index (χ1) is 16.8. The molecule has 0 unspecified atom stereocenters. The molecular formula is C27H28N6O. The molecule has 34 heavy (non-hydrogen) atoms. The molecule has 1 aliphatic heterocycles. The van der Waals surface area contributed by atoms with Gasteiger partial charge >= 0.3 is 0 Å². The second-order valence-electron chi connectivity index (χ2n) is 8.52. The normalized spacial score (nSPS) is 13.4. The zero-order valence-corrected chi connectivity index (χ0v) is 19.1. The number of benzene rings is 1. The van der Waals surface area contributed by atoms with Crippen molar-refractivity contribution >= 4 is 5.91 Å². The Morgan fingerprint density at radius 2 is 1.65 bits per heavy atom. The number of amides is 1. The van der Waals surface area contributed by atoms with Crippen LogP contribution in [0.3, 0.4) is 0 Å². The number of pyridine rings is 2. The average Bonchev–Trinajstić information content (AvgIpc) is 3.26. The van der Waals surface area contributed by atoms with Gasteiger partial charge in [-0.1, -0.05) is 42.5 Å². The van der Waals surface area contributed by atoms with Crippen molar-refractivity contribution in [1.82, 2.24) is 30.0 Å². The Balaban J connectivity index is 1.36. The molecule has 0 spiro atoms. The predicted molar refractivity (Wildman–Crippen MR) is 130 cm³/mol. The highest BCUT2D eigenvalue weighted by molar-refractivity contribution is 5.94. The quantitative estimate of drug-likeness (QED) is 0.443. The van der Waals surface area contributed by atoms with Crippen LogP contribution in [0.4, 0.5) is 0 Å². The van der Waals surface area contributed by atoms with Crippen LogP contribution < -0.4 is 5.32 Å². The summed E-state index contributed by atoms with van der Waals surface area (Å²) in [4.78, 5) is 24.3. The van der Waals surface area contributed by atoms with E-state index in [2.05, 4.69) is 44.5 Å². The molecule has 0 fully saturated rings. The van der Waals surface area contributed by atoms with Crippen LogP contribution in [-0.4, -0.2) is 37.1 Å². The maximum atomic E-state index is 13.2. The molecule has 4 aromatic rings. The monoisotopic (exact) mass is 452 g/mol. The van der Waals surface area contributed by atoms with Gasteiger partial charge in [0, 0.05) is 56.3 Å². The number of hydrogen-bond donors (Lipinski definition) is 1. The Morgan fingerprint density at radius 1 is 0.912 bits per heavy atom. The van der Waals surface area contributed by atoms with Crippen molar-refractivity contribution in [2.45, 2.75) is 39.0 Å². The van der Waals surface area contributed by atoms with Gasteiger partial charge in [-0.15, -0.1) is 0 Å². The number of fused-ring (bicyclic) bond motifs is 1. The molecular weight excluding hydrogens is 424 g/mol. The predicted octanol–water partition coefficient (Wildman–Crippen LogP) is 3.40. The second-order valence-corrected chi connectivity index (χ2v) is 8.52. The van der Waals surface area contributed by atoms with Gasteiger partial charge in [0.15, 0.2) is 5.69 Å². The average molecular weight is 453 g/mol. The van der Waals surface area contributed by atoms with Crippen LogP contribution in [0.15, 0.2) is 79.1 Å². The molecule has 0 aliphatic carbocycles. The molecule has 1 aromatic carbocycles. The van der Waals surface area contributed by atoms with Crippen molar-refractivity contribution in [3.63, 3.8) is 0 Å². The number of carbonyl (C=O) groups is 1. The lowest BCUT2D eigenvalue weighted by Crippen LogP contribution is -2.32. The Morgan fingerprint density at radius 3 is 2.38 bits per heavy atom. The number of carbonyl (C=O) groups excluding carboxylic acids is 1. The van der Waals surface area contributed by atoms with Gasteiger partial charge in [0.1, 0.15) is 0 Å². The van der Waals surface area contributed by atoms with Crippen molar-refractivity contribution in [1.29, 1.82) is 0 Å². The zero-order valence-electron chi connectivity index (χ0n) is 19.1. The maximum Gasteiger partial charge on any atom is 0.272 e.